The molecule has 0 atom stereocenters. The maximum atomic E-state index is 5.69. The van der Waals surface area contributed by atoms with E-state index in [9.17, 15) is 0 Å². The van der Waals surface area contributed by atoms with E-state index in [4.69, 9.17) is 10.5 Å². The Morgan fingerprint density at radius 3 is 2.62 bits per heavy atom. The zero-order valence-corrected chi connectivity index (χ0v) is 8.50. The summed E-state index contributed by atoms with van der Waals surface area (Å²) in [4.78, 5) is 0. The van der Waals surface area contributed by atoms with Crippen molar-refractivity contribution in [3.8, 4) is 5.75 Å². The smallest absolute Gasteiger partial charge is 0.119 e. The Bertz CT molecular complexity index is 281. The molecule has 0 aliphatic rings. The molecule has 2 heteroatoms. The Morgan fingerprint density at radius 2 is 2.08 bits per heavy atom. The number of methoxy groups -OCH3 is 1. The van der Waals surface area contributed by atoms with Crippen molar-refractivity contribution in [3.63, 3.8) is 0 Å². The Balaban J connectivity index is 3.01. The monoisotopic (exact) mass is 179 g/mol. The molecule has 0 aliphatic carbocycles. The van der Waals surface area contributed by atoms with Gasteiger partial charge in [0.25, 0.3) is 0 Å². The van der Waals surface area contributed by atoms with Crippen molar-refractivity contribution in [2.24, 2.45) is 5.73 Å². The molecule has 0 heterocycles. The Labute approximate surface area is 79.7 Å². The molecule has 1 aromatic rings. The van der Waals surface area contributed by atoms with Gasteiger partial charge in [-0.15, -0.1) is 0 Å². The molecule has 72 valence electrons. The molecule has 0 saturated heterocycles. The second kappa shape index (κ2) is 3.79. The SMILES string of the molecule is COc1cccc(C(C)(C)CN)c1. The van der Waals surface area contributed by atoms with Crippen LogP contribution in [-0.2, 0) is 5.41 Å². The first-order valence-electron chi connectivity index (χ1n) is 4.45. The molecule has 0 unspecified atom stereocenters. The van der Waals surface area contributed by atoms with Gasteiger partial charge in [-0.25, -0.2) is 0 Å². The number of hydrogen-bond donors (Lipinski definition) is 1. The van der Waals surface area contributed by atoms with Crippen LogP contribution < -0.4 is 10.5 Å². The van der Waals surface area contributed by atoms with Crippen LogP contribution in [0, 0.1) is 0 Å². The lowest BCUT2D eigenvalue weighted by atomic mass is 9.85. The standard InChI is InChI=1S/C11H17NO/c1-11(2,8-12)9-5-4-6-10(7-9)13-3/h4-7H,8,12H2,1-3H3. The van der Waals surface area contributed by atoms with Crippen LogP contribution >= 0.6 is 0 Å². The van der Waals surface area contributed by atoms with Gasteiger partial charge in [0.1, 0.15) is 5.75 Å². The third-order valence-corrected chi connectivity index (χ3v) is 2.36. The minimum Gasteiger partial charge on any atom is -0.497 e. The maximum absolute atomic E-state index is 5.69. The molecule has 1 rings (SSSR count). The summed E-state index contributed by atoms with van der Waals surface area (Å²) in [7, 11) is 1.68. The van der Waals surface area contributed by atoms with Gasteiger partial charge in [-0.05, 0) is 17.7 Å². The molecule has 0 radical (unpaired) electrons. The fraction of sp³-hybridized carbons (Fsp3) is 0.455. The van der Waals surface area contributed by atoms with Crippen LogP contribution in [0.4, 0.5) is 0 Å². The molecule has 0 amide bonds. The fourth-order valence-electron chi connectivity index (χ4n) is 1.16. The number of hydrogen-bond acceptors (Lipinski definition) is 2. The van der Waals surface area contributed by atoms with E-state index in [0.717, 1.165) is 5.75 Å². The quantitative estimate of drug-likeness (QED) is 0.769. The lowest BCUT2D eigenvalue weighted by molar-refractivity contribution is 0.412. The second-order valence-corrected chi connectivity index (χ2v) is 3.82. The van der Waals surface area contributed by atoms with Crippen molar-refractivity contribution in [2.45, 2.75) is 19.3 Å². The van der Waals surface area contributed by atoms with E-state index in [1.807, 2.05) is 18.2 Å². The second-order valence-electron chi connectivity index (χ2n) is 3.82. The van der Waals surface area contributed by atoms with E-state index in [0.29, 0.717) is 6.54 Å². The Morgan fingerprint density at radius 1 is 1.38 bits per heavy atom. The van der Waals surface area contributed by atoms with E-state index < -0.39 is 0 Å². The van der Waals surface area contributed by atoms with Crippen molar-refractivity contribution in [1.82, 2.24) is 0 Å². The summed E-state index contributed by atoms with van der Waals surface area (Å²) in [5.74, 6) is 0.888. The maximum Gasteiger partial charge on any atom is 0.119 e. The van der Waals surface area contributed by atoms with Crippen LogP contribution in [0.2, 0.25) is 0 Å². The number of ether oxygens (including phenoxy) is 1. The normalized spacial score (nSPS) is 11.4. The molecular weight excluding hydrogens is 162 g/mol. The number of rotatable bonds is 3. The van der Waals surface area contributed by atoms with E-state index in [1.54, 1.807) is 7.11 Å². The van der Waals surface area contributed by atoms with Gasteiger partial charge in [0.2, 0.25) is 0 Å². The van der Waals surface area contributed by atoms with Crippen molar-refractivity contribution >= 4 is 0 Å². The first-order chi connectivity index (χ1) is 6.10. The molecule has 0 spiro atoms. The highest BCUT2D eigenvalue weighted by Gasteiger charge is 2.18. The van der Waals surface area contributed by atoms with E-state index in [-0.39, 0.29) is 5.41 Å². The third kappa shape index (κ3) is 2.22. The lowest BCUT2D eigenvalue weighted by Crippen LogP contribution is -2.27. The highest BCUT2D eigenvalue weighted by molar-refractivity contribution is 5.33. The van der Waals surface area contributed by atoms with Gasteiger partial charge in [-0.3, -0.25) is 0 Å². The first-order valence-corrected chi connectivity index (χ1v) is 4.45. The molecule has 13 heavy (non-hydrogen) atoms. The van der Waals surface area contributed by atoms with Crippen LogP contribution in [0.1, 0.15) is 19.4 Å². The Hall–Kier alpha value is -1.02. The zero-order valence-electron chi connectivity index (χ0n) is 8.50. The van der Waals surface area contributed by atoms with Crippen LogP contribution in [0.25, 0.3) is 0 Å². The summed E-state index contributed by atoms with van der Waals surface area (Å²) < 4.78 is 5.15. The van der Waals surface area contributed by atoms with Crippen LogP contribution in [-0.4, -0.2) is 13.7 Å². The summed E-state index contributed by atoms with van der Waals surface area (Å²) in [6, 6.07) is 8.05. The summed E-state index contributed by atoms with van der Waals surface area (Å²) in [6.45, 7) is 4.89. The van der Waals surface area contributed by atoms with Gasteiger partial charge in [-0.2, -0.15) is 0 Å². The van der Waals surface area contributed by atoms with E-state index >= 15 is 0 Å². The zero-order chi connectivity index (χ0) is 9.90. The van der Waals surface area contributed by atoms with Gasteiger partial charge in [0.05, 0.1) is 7.11 Å². The van der Waals surface area contributed by atoms with Crippen LogP contribution in [0.15, 0.2) is 24.3 Å². The van der Waals surface area contributed by atoms with Crippen molar-refractivity contribution < 1.29 is 4.74 Å². The molecule has 0 aromatic heterocycles. The summed E-state index contributed by atoms with van der Waals surface area (Å²) in [6.07, 6.45) is 0. The summed E-state index contributed by atoms with van der Waals surface area (Å²) >= 11 is 0. The first kappa shape index (κ1) is 10.1. The van der Waals surface area contributed by atoms with E-state index in [1.165, 1.54) is 5.56 Å². The molecule has 1 aromatic carbocycles. The molecule has 0 bridgehead atoms. The Kier molecular flexibility index (Phi) is 2.94. The number of benzene rings is 1. The lowest BCUT2D eigenvalue weighted by Gasteiger charge is -2.23. The molecule has 2 nitrogen and oxygen atoms in total. The van der Waals surface area contributed by atoms with E-state index in [2.05, 4.69) is 19.9 Å². The van der Waals surface area contributed by atoms with Crippen LogP contribution in [0.5, 0.6) is 5.75 Å². The largest absolute Gasteiger partial charge is 0.497 e. The van der Waals surface area contributed by atoms with Crippen molar-refractivity contribution in [2.75, 3.05) is 13.7 Å². The number of nitrogens with two attached hydrogens (primary N) is 1. The van der Waals surface area contributed by atoms with Crippen molar-refractivity contribution in [1.29, 1.82) is 0 Å². The fourth-order valence-corrected chi connectivity index (χ4v) is 1.16. The highest BCUT2D eigenvalue weighted by Crippen LogP contribution is 2.24. The van der Waals surface area contributed by atoms with Gasteiger partial charge in [-0.1, -0.05) is 26.0 Å². The topological polar surface area (TPSA) is 35.2 Å². The summed E-state index contributed by atoms with van der Waals surface area (Å²) in [5.41, 5.74) is 6.93. The molecule has 0 fully saturated rings. The average molecular weight is 179 g/mol. The van der Waals surface area contributed by atoms with Gasteiger partial charge < -0.3 is 10.5 Å². The van der Waals surface area contributed by atoms with Crippen LogP contribution in [0.3, 0.4) is 0 Å². The molecule has 0 saturated carbocycles. The third-order valence-electron chi connectivity index (χ3n) is 2.36. The minimum atomic E-state index is 0.0224. The molecular formula is C11H17NO. The molecule has 2 N–H and O–H groups in total. The average Bonchev–Trinajstić information content (AvgIpc) is 2.18. The minimum absolute atomic E-state index is 0.0224. The highest BCUT2D eigenvalue weighted by atomic mass is 16.5. The molecule has 0 aliphatic heterocycles. The van der Waals surface area contributed by atoms with Gasteiger partial charge in [0, 0.05) is 12.0 Å². The van der Waals surface area contributed by atoms with Gasteiger partial charge in [0.15, 0.2) is 0 Å². The predicted molar refractivity (Wildman–Crippen MR) is 55.1 cm³/mol. The van der Waals surface area contributed by atoms with Gasteiger partial charge >= 0.3 is 0 Å². The summed E-state index contributed by atoms with van der Waals surface area (Å²) in [5, 5.41) is 0. The predicted octanol–water partition coefficient (Wildman–Crippen LogP) is 1.93. The van der Waals surface area contributed by atoms with Crippen molar-refractivity contribution in [3.05, 3.63) is 29.8 Å².